The highest BCUT2D eigenvalue weighted by molar-refractivity contribution is 7.90. The van der Waals surface area contributed by atoms with Gasteiger partial charge >= 0.3 is 0 Å². The molecule has 1 fully saturated rings. The molecule has 1 heterocycles. The Balaban J connectivity index is 1.53. The van der Waals surface area contributed by atoms with Crippen LogP contribution in [0.5, 0.6) is 5.75 Å². The van der Waals surface area contributed by atoms with Crippen LogP contribution in [0.25, 0.3) is 0 Å². The molecule has 2 aromatic carbocycles. The maximum atomic E-state index is 11.5. The van der Waals surface area contributed by atoms with E-state index in [2.05, 4.69) is 17.9 Å². The monoisotopic (exact) mass is 414 g/mol. The Morgan fingerprint density at radius 2 is 2.00 bits per heavy atom. The van der Waals surface area contributed by atoms with Crippen LogP contribution in [-0.4, -0.2) is 50.4 Å². The average Bonchev–Trinajstić information content (AvgIpc) is 3.05. The van der Waals surface area contributed by atoms with Crippen molar-refractivity contribution in [2.24, 2.45) is 5.92 Å². The Morgan fingerprint density at radius 3 is 2.66 bits per heavy atom. The highest BCUT2D eigenvalue weighted by atomic mass is 32.2. The molecule has 1 N–H and O–H groups in total. The summed E-state index contributed by atoms with van der Waals surface area (Å²) in [7, 11) is -3.21. The molecule has 7 heteroatoms. The van der Waals surface area contributed by atoms with E-state index >= 15 is 0 Å². The number of aliphatic hydroxyl groups excluding tert-OH is 1. The molecule has 0 aliphatic carbocycles. The van der Waals surface area contributed by atoms with Gasteiger partial charge in [0.25, 0.3) is 0 Å². The number of likely N-dealkylation sites (tertiary alicyclic amines) is 1. The molecule has 1 aliphatic heterocycles. The summed E-state index contributed by atoms with van der Waals surface area (Å²) in [5.41, 5.74) is 1.30. The number of rotatable bonds is 7. The fourth-order valence-electron chi connectivity index (χ4n) is 3.73. The molecule has 1 saturated heterocycles. The lowest BCUT2D eigenvalue weighted by Crippen LogP contribution is -2.32. The summed E-state index contributed by atoms with van der Waals surface area (Å²) in [6.07, 6.45) is 1.50. The molecular formula is C22H26N2O4S. The number of benzene rings is 2. The van der Waals surface area contributed by atoms with Gasteiger partial charge in [-0.3, -0.25) is 4.90 Å². The van der Waals surface area contributed by atoms with Crippen molar-refractivity contribution in [3.8, 4) is 11.8 Å². The van der Waals surface area contributed by atoms with Gasteiger partial charge in [0.2, 0.25) is 0 Å². The first-order valence-electron chi connectivity index (χ1n) is 9.61. The summed E-state index contributed by atoms with van der Waals surface area (Å²) < 4.78 is 28.9. The maximum absolute atomic E-state index is 11.5. The van der Waals surface area contributed by atoms with Gasteiger partial charge in [-0.05, 0) is 55.3 Å². The zero-order chi connectivity index (χ0) is 21.0. The van der Waals surface area contributed by atoms with Gasteiger partial charge in [0.1, 0.15) is 5.75 Å². The first-order chi connectivity index (χ1) is 13.8. The summed E-state index contributed by atoms with van der Waals surface area (Å²) in [6, 6.07) is 16.0. The van der Waals surface area contributed by atoms with E-state index in [4.69, 9.17) is 10.00 Å². The lowest BCUT2D eigenvalue weighted by molar-refractivity contribution is 0.107. The van der Waals surface area contributed by atoms with Crippen LogP contribution in [0.2, 0.25) is 0 Å². The van der Waals surface area contributed by atoms with Crippen LogP contribution in [0, 0.1) is 17.2 Å². The van der Waals surface area contributed by atoms with E-state index in [1.807, 2.05) is 6.07 Å². The Labute approximate surface area is 172 Å². The van der Waals surface area contributed by atoms with Gasteiger partial charge in [-0.2, -0.15) is 5.26 Å². The smallest absolute Gasteiger partial charge is 0.175 e. The minimum atomic E-state index is -3.21. The fraction of sp³-hybridized carbons (Fsp3) is 0.409. The quantitative estimate of drug-likeness (QED) is 0.749. The predicted octanol–water partition coefficient (Wildman–Crippen LogP) is 2.78. The van der Waals surface area contributed by atoms with Crippen LogP contribution in [0.1, 0.15) is 30.6 Å². The SMILES string of the molecule is CC1CC(COc2ccc(S(C)(=O)=O)cc2)CN1CC(O)c1cccc(C#N)c1. The molecule has 0 aromatic heterocycles. The first-order valence-corrected chi connectivity index (χ1v) is 11.5. The number of β-amino-alcohol motifs (C(OH)–C–C–N with tert-alkyl or cyclic N) is 1. The summed E-state index contributed by atoms with van der Waals surface area (Å²) in [6.45, 7) is 4.01. The van der Waals surface area contributed by atoms with E-state index < -0.39 is 15.9 Å². The molecule has 3 rings (SSSR count). The van der Waals surface area contributed by atoms with Crippen molar-refractivity contribution in [2.75, 3.05) is 26.0 Å². The van der Waals surface area contributed by atoms with E-state index in [-0.39, 0.29) is 4.90 Å². The summed E-state index contributed by atoms with van der Waals surface area (Å²) in [4.78, 5) is 2.52. The van der Waals surface area contributed by atoms with Gasteiger partial charge in [0.15, 0.2) is 9.84 Å². The molecule has 0 radical (unpaired) electrons. The molecule has 1 aliphatic rings. The van der Waals surface area contributed by atoms with E-state index in [1.54, 1.807) is 42.5 Å². The van der Waals surface area contributed by atoms with Crippen molar-refractivity contribution in [3.05, 3.63) is 59.7 Å². The minimum Gasteiger partial charge on any atom is -0.493 e. The zero-order valence-electron chi connectivity index (χ0n) is 16.7. The number of nitriles is 1. The summed E-state index contributed by atoms with van der Waals surface area (Å²) in [5, 5.41) is 19.6. The normalized spacial score (nSPS) is 20.9. The lowest BCUT2D eigenvalue weighted by atomic mass is 10.1. The molecule has 0 amide bonds. The third-order valence-corrected chi connectivity index (χ3v) is 6.46. The molecule has 0 saturated carbocycles. The van der Waals surface area contributed by atoms with Crippen molar-refractivity contribution >= 4 is 9.84 Å². The number of aliphatic hydroxyl groups is 1. The van der Waals surface area contributed by atoms with Gasteiger partial charge < -0.3 is 9.84 Å². The van der Waals surface area contributed by atoms with Crippen LogP contribution >= 0.6 is 0 Å². The van der Waals surface area contributed by atoms with Gasteiger partial charge in [-0.25, -0.2) is 8.42 Å². The van der Waals surface area contributed by atoms with Gasteiger partial charge in [-0.15, -0.1) is 0 Å². The van der Waals surface area contributed by atoms with Crippen LogP contribution in [0.4, 0.5) is 0 Å². The molecule has 0 bridgehead atoms. The maximum Gasteiger partial charge on any atom is 0.175 e. The first kappa shape index (κ1) is 21.3. The Bertz CT molecular complexity index is 983. The Kier molecular flexibility index (Phi) is 6.58. The molecule has 2 aromatic rings. The third kappa shape index (κ3) is 5.57. The number of hydrogen-bond acceptors (Lipinski definition) is 6. The molecular weight excluding hydrogens is 388 g/mol. The zero-order valence-corrected chi connectivity index (χ0v) is 17.5. The Morgan fingerprint density at radius 1 is 1.28 bits per heavy atom. The van der Waals surface area contributed by atoms with E-state index in [0.717, 1.165) is 18.5 Å². The van der Waals surface area contributed by atoms with Gasteiger partial charge in [-0.1, -0.05) is 12.1 Å². The fourth-order valence-corrected chi connectivity index (χ4v) is 4.36. The second-order valence-electron chi connectivity index (χ2n) is 7.71. The number of sulfone groups is 1. The number of hydrogen-bond donors (Lipinski definition) is 1. The lowest BCUT2D eigenvalue weighted by Gasteiger charge is -2.24. The topological polar surface area (TPSA) is 90.6 Å². The minimum absolute atomic E-state index is 0.278. The van der Waals surface area contributed by atoms with Gasteiger partial charge in [0.05, 0.1) is 29.2 Å². The largest absolute Gasteiger partial charge is 0.493 e. The standard InChI is InChI=1S/C22H26N2O4S/c1-16-10-18(15-28-20-6-8-21(9-7-20)29(2,26)27)13-24(16)14-22(25)19-5-3-4-17(11-19)12-23/h3-9,11,16,18,22,25H,10,13-15H2,1-2H3. The second kappa shape index (κ2) is 8.95. The third-order valence-electron chi connectivity index (χ3n) is 5.34. The van der Waals surface area contributed by atoms with Crippen LogP contribution in [0.3, 0.4) is 0 Å². The number of ether oxygens (including phenoxy) is 1. The van der Waals surface area contributed by atoms with Crippen LogP contribution < -0.4 is 4.74 Å². The molecule has 6 nitrogen and oxygen atoms in total. The second-order valence-corrected chi connectivity index (χ2v) is 9.73. The van der Waals surface area contributed by atoms with E-state index in [0.29, 0.717) is 36.4 Å². The van der Waals surface area contributed by atoms with Crippen molar-refractivity contribution in [1.82, 2.24) is 4.90 Å². The summed E-state index contributed by atoms with van der Waals surface area (Å²) >= 11 is 0. The molecule has 3 atom stereocenters. The number of nitrogens with zero attached hydrogens (tertiary/aromatic N) is 2. The predicted molar refractivity (Wildman–Crippen MR) is 110 cm³/mol. The summed E-state index contributed by atoms with van der Waals surface area (Å²) in [5.74, 6) is 0.981. The highest BCUT2D eigenvalue weighted by Gasteiger charge is 2.31. The average molecular weight is 415 g/mol. The highest BCUT2D eigenvalue weighted by Crippen LogP contribution is 2.27. The molecule has 154 valence electrons. The molecule has 29 heavy (non-hydrogen) atoms. The van der Waals surface area contributed by atoms with Gasteiger partial charge in [0, 0.05) is 31.3 Å². The molecule has 3 unspecified atom stereocenters. The van der Waals surface area contributed by atoms with Crippen molar-refractivity contribution in [3.63, 3.8) is 0 Å². The van der Waals surface area contributed by atoms with Crippen molar-refractivity contribution in [2.45, 2.75) is 30.4 Å². The van der Waals surface area contributed by atoms with Crippen molar-refractivity contribution < 1.29 is 18.3 Å². The molecule has 0 spiro atoms. The van der Waals surface area contributed by atoms with Crippen molar-refractivity contribution in [1.29, 1.82) is 5.26 Å². The Hall–Kier alpha value is -2.40. The van der Waals surface area contributed by atoms with E-state index in [9.17, 15) is 13.5 Å². The van der Waals surface area contributed by atoms with Crippen LogP contribution in [-0.2, 0) is 9.84 Å². The van der Waals surface area contributed by atoms with E-state index in [1.165, 1.54) is 6.26 Å². The van der Waals surface area contributed by atoms with Crippen LogP contribution in [0.15, 0.2) is 53.4 Å².